The quantitative estimate of drug-likeness (QED) is 0.726. The fourth-order valence-electron chi connectivity index (χ4n) is 2.94. The molecule has 106 valence electrons. The summed E-state index contributed by atoms with van der Waals surface area (Å²) in [5.41, 5.74) is 2.34. The van der Waals surface area contributed by atoms with Crippen LogP contribution in [0.1, 0.15) is 63.6 Å². The summed E-state index contributed by atoms with van der Waals surface area (Å²) < 4.78 is 0. The monoisotopic (exact) mass is 280 g/mol. The topological polar surface area (TPSA) is 16.1 Å². The van der Waals surface area contributed by atoms with Gasteiger partial charge < -0.3 is 4.90 Å². The van der Waals surface area contributed by atoms with Crippen LogP contribution in [-0.2, 0) is 5.88 Å². The molecule has 2 nitrogen and oxygen atoms in total. The van der Waals surface area contributed by atoms with Gasteiger partial charge in [0.05, 0.1) is 0 Å². The summed E-state index contributed by atoms with van der Waals surface area (Å²) in [4.78, 5) is 7.33. The molecule has 3 heteroatoms. The van der Waals surface area contributed by atoms with Crippen LogP contribution < -0.4 is 4.90 Å². The predicted molar refractivity (Wildman–Crippen MR) is 83.2 cm³/mol. The summed E-state index contributed by atoms with van der Waals surface area (Å²) >= 11 is 6.04. The highest BCUT2D eigenvalue weighted by molar-refractivity contribution is 6.17. The first-order chi connectivity index (χ1) is 9.15. The van der Waals surface area contributed by atoms with Crippen molar-refractivity contribution in [2.24, 2.45) is 0 Å². The second-order valence-electron chi connectivity index (χ2n) is 5.77. The third-order valence-electron chi connectivity index (χ3n) is 4.04. The minimum atomic E-state index is 0.448. The summed E-state index contributed by atoms with van der Waals surface area (Å²) in [6, 6.07) is 4.98. The SMILES string of the molecule is CCN(c1cc(CCl)cc(C(C)C)n1)C1CCCC1. The van der Waals surface area contributed by atoms with Gasteiger partial charge in [0.2, 0.25) is 0 Å². The first kappa shape index (κ1) is 14.6. The van der Waals surface area contributed by atoms with Crippen molar-refractivity contribution in [3.8, 4) is 0 Å². The number of rotatable bonds is 5. The van der Waals surface area contributed by atoms with Crippen LogP contribution in [0.15, 0.2) is 12.1 Å². The fourth-order valence-corrected chi connectivity index (χ4v) is 3.09. The van der Waals surface area contributed by atoms with Gasteiger partial charge in [0.25, 0.3) is 0 Å². The van der Waals surface area contributed by atoms with E-state index in [1.165, 1.54) is 31.2 Å². The molecule has 1 aliphatic carbocycles. The Morgan fingerprint density at radius 1 is 1.32 bits per heavy atom. The zero-order valence-electron chi connectivity index (χ0n) is 12.3. The van der Waals surface area contributed by atoms with Gasteiger partial charge in [-0.05, 0) is 43.4 Å². The van der Waals surface area contributed by atoms with Gasteiger partial charge in [-0.3, -0.25) is 0 Å². The molecule has 1 aliphatic rings. The van der Waals surface area contributed by atoms with Crippen LogP contribution in [0.2, 0.25) is 0 Å². The molecule has 0 aromatic carbocycles. The number of alkyl halides is 1. The van der Waals surface area contributed by atoms with Crippen molar-refractivity contribution in [3.05, 3.63) is 23.4 Å². The maximum atomic E-state index is 6.04. The van der Waals surface area contributed by atoms with Crippen LogP contribution in [0.25, 0.3) is 0 Å². The molecule has 0 amide bonds. The van der Waals surface area contributed by atoms with Crippen molar-refractivity contribution >= 4 is 17.4 Å². The molecule has 0 saturated heterocycles. The standard InChI is InChI=1S/C16H25ClN2/c1-4-19(14-7-5-6-8-14)16-10-13(11-17)9-15(18-16)12(2)3/h9-10,12,14H,4-8,11H2,1-3H3. The van der Waals surface area contributed by atoms with E-state index in [1.54, 1.807) is 0 Å². The molecule has 0 radical (unpaired) electrons. The van der Waals surface area contributed by atoms with Crippen LogP contribution in [0.3, 0.4) is 0 Å². The van der Waals surface area contributed by atoms with E-state index in [2.05, 4.69) is 37.8 Å². The predicted octanol–water partition coefficient (Wildman–Crippen LogP) is 4.71. The van der Waals surface area contributed by atoms with Gasteiger partial charge in [-0.1, -0.05) is 26.7 Å². The molecule has 0 unspecified atom stereocenters. The number of hydrogen-bond acceptors (Lipinski definition) is 2. The van der Waals surface area contributed by atoms with E-state index in [0.717, 1.165) is 18.1 Å². The normalized spacial score (nSPS) is 16.3. The largest absolute Gasteiger partial charge is 0.354 e. The lowest BCUT2D eigenvalue weighted by Gasteiger charge is -2.29. The molecule has 1 aromatic rings. The molecule has 0 bridgehead atoms. The highest BCUT2D eigenvalue weighted by Crippen LogP contribution is 2.29. The molecule has 1 saturated carbocycles. The summed E-state index contributed by atoms with van der Waals surface area (Å²) in [7, 11) is 0. The third-order valence-corrected chi connectivity index (χ3v) is 4.35. The Morgan fingerprint density at radius 2 is 2.00 bits per heavy atom. The molecule has 0 spiro atoms. The molecule has 1 aromatic heterocycles. The van der Waals surface area contributed by atoms with Gasteiger partial charge in [-0.25, -0.2) is 4.98 Å². The average molecular weight is 281 g/mol. The van der Waals surface area contributed by atoms with E-state index in [9.17, 15) is 0 Å². The minimum Gasteiger partial charge on any atom is -0.354 e. The number of aromatic nitrogens is 1. The molecular formula is C16H25ClN2. The van der Waals surface area contributed by atoms with Crippen LogP contribution in [-0.4, -0.2) is 17.6 Å². The lowest BCUT2D eigenvalue weighted by molar-refractivity contribution is 0.610. The Hall–Kier alpha value is -0.760. The van der Waals surface area contributed by atoms with Gasteiger partial charge in [-0.2, -0.15) is 0 Å². The number of nitrogens with zero attached hydrogens (tertiary/aromatic N) is 2. The van der Waals surface area contributed by atoms with Crippen LogP contribution in [0, 0.1) is 0 Å². The lowest BCUT2D eigenvalue weighted by atomic mass is 10.1. The maximum absolute atomic E-state index is 6.04. The van der Waals surface area contributed by atoms with Crippen LogP contribution in [0.4, 0.5) is 5.82 Å². The van der Waals surface area contributed by atoms with E-state index in [-0.39, 0.29) is 0 Å². The first-order valence-electron chi connectivity index (χ1n) is 7.49. The molecule has 2 rings (SSSR count). The van der Waals surface area contributed by atoms with E-state index in [0.29, 0.717) is 17.8 Å². The Morgan fingerprint density at radius 3 is 2.53 bits per heavy atom. The van der Waals surface area contributed by atoms with Gasteiger partial charge in [-0.15, -0.1) is 11.6 Å². The third kappa shape index (κ3) is 3.42. The molecule has 0 N–H and O–H groups in total. The summed E-state index contributed by atoms with van der Waals surface area (Å²) in [5.74, 6) is 2.14. The first-order valence-corrected chi connectivity index (χ1v) is 8.02. The molecule has 0 aliphatic heterocycles. The zero-order chi connectivity index (χ0) is 13.8. The number of pyridine rings is 1. The highest BCUT2D eigenvalue weighted by atomic mass is 35.5. The Balaban J connectivity index is 2.32. The van der Waals surface area contributed by atoms with Crippen molar-refractivity contribution < 1.29 is 0 Å². The van der Waals surface area contributed by atoms with Gasteiger partial charge >= 0.3 is 0 Å². The molecular weight excluding hydrogens is 256 g/mol. The highest BCUT2D eigenvalue weighted by Gasteiger charge is 2.23. The van der Waals surface area contributed by atoms with Crippen LogP contribution in [0.5, 0.6) is 0 Å². The maximum Gasteiger partial charge on any atom is 0.129 e. The Labute approximate surface area is 122 Å². The van der Waals surface area contributed by atoms with Crippen molar-refractivity contribution in [1.29, 1.82) is 0 Å². The molecule has 0 atom stereocenters. The van der Waals surface area contributed by atoms with Crippen molar-refractivity contribution in [1.82, 2.24) is 4.98 Å². The van der Waals surface area contributed by atoms with E-state index in [1.807, 2.05) is 0 Å². The smallest absolute Gasteiger partial charge is 0.129 e. The second kappa shape index (κ2) is 6.60. The molecule has 19 heavy (non-hydrogen) atoms. The van der Waals surface area contributed by atoms with E-state index in [4.69, 9.17) is 16.6 Å². The van der Waals surface area contributed by atoms with E-state index < -0.39 is 0 Å². The van der Waals surface area contributed by atoms with Gasteiger partial charge in [0.15, 0.2) is 0 Å². The van der Waals surface area contributed by atoms with Gasteiger partial charge in [0.1, 0.15) is 5.82 Å². The summed E-state index contributed by atoms with van der Waals surface area (Å²) in [6.07, 6.45) is 5.32. The summed E-state index contributed by atoms with van der Waals surface area (Å²) in [6.45, 7) is 7.63. The zero-order valence-corrected chi connectivity index (χ0v) is 13.1. The number of hydrogen-bond donors (Lipinski definition) is 0. The van der Waals surface area contributed by atoms with Crippen molar-refractivity contribution in [2.75, 3.05) is 11.4 Å². The average Bonchev–Trinajstić information content (AvgIpc) is 2.93. The minimum absolute atomic E-state index is 0.448. The second-order valence-corrected chi connectivity index (χ2v) is 6.04. The lowest BCUT2D eigenvalue weighted by Crippen LogP contribution is -2.34. The van der Waals surface area contributed by atoms with Crippen molar-refractivity contribution in [2.45, 2.75) is 64.3 Å². The molecule has 1 fully saturated rings. The Bertz CT molecular complexity index is 411. The van der Waals surface area contributed by atoms with Crippen molar-refractivity contribution in [3.63, 3.8) is 0 Å². The fraction of sp³-hybridized carbons (Fsp3) is 0.688. The summed E-state index contributed by atoms with van der Waals surface area (Å²) in [5, 5.41) is 0. The van der Waals surface area contributed by atoms with Crippen LogP contribution >= 0.6 is 11.6 Å². The Kier molecular flexibility index (Phi) is 5.09. The van der Waals surface area contributed by atoms with E-state index >= 15 is 0 Å². The number of anilines is 1. The number of halogens is 1. The van der Waals surface area contributed by atoms with Gasteiger partial charge in [0, 0.05) is 24.2 Å². The molecule has 1 heterocycles.